The maximum Gasteiger partial charge on any atom is 0.224 e. The molecule has 1 aliphatic heterocycles. The van der Waals surface area contributed by atoms with Crippen LogP contribution < -0.4 is 5.32 Å². The molecule has 1 heterocycles. The smallest absolute Gasteiger partial charge is 0.224 e. The number of anilines is 1. The summed E-state index contributed by atoms with van der Waals surface area (Å²) in [4.78, 5) is 23.3. The molecule has 90 valence electrons. The zero-order valence-electron chi connectivity index (χ0n) is 10.2. The third kappa shape index (κ3) is 2.38. The number of hydrogen-bond donors (Lipinski definition) is 1. The maximum absolute atomic E-state index is 12.0. The predicted molar refractivity (Wildman–Crippen MR) is 67.2 cm³/mol. The number of aryl methyl sites for hydroxylation is 1. The minimum absolute atomic E-state index is 0.0542. The Balaban J connectivity index is 2.28. The predicted octanol–water partition coefficient (Wildman–Crippen LogP) is 2.80. The number of rotatable bonds is 3. The van der Waals surface area contributed by atoms with Crippen LogP contribution in [0.4, 0.5) is 5.69 Å². The van der Waals surface area contributed by atoms with Gasteiger partial charge in [0, 0.05) is 23.6 Å². The number of Topliss-reactive ketones (excluding diaryl/α,β-unsaturated/α-hetero) is 1. The third-order valence-corrected chi connectivity index (χ3v) is 3.35. The van der Waals surface area contributed by atoms with Gasteiger partial charge in [-0.2, -0.15) is 0 Å². The summed E-state index contributed by atoms with van der Waals surface area (Å²) in [6.45, 7) is 3.96. The Kier molecular flexibility index (Phi) is 3.27. The van der Waals surface area contributed by atoms with Gasteiger partial charge in [-0.05, 0) is 36.6 Å². The van der Waals surface area contributed by atoms with Gasteiger partial charge in [0.1, 0.15) is 0 Å². The van der Waals surface area contributed by atoms with E-state index < -0.39 is 0 Å². The Morgan fingerprint density at radius 2 is 2.18 bits per heavy atom. The zero-order valence-corrected chi connectivity index (χ0v) is 10.2. The van der Waals surface area contributed by atoms with Crippen LogP contribution in [0.25, 0.3) is 0 Å². The largest absolute Gasteiger partial charge is 0.326 e. The van der Waals surface area contributed by atoms with Gasteiger partial charge in [0.25, 0.3) is 0 Å². The van der Waals surface area contributed by atoms with Crippen LogP contribution in [0.15, 0.2) is 18.2 Å². The summed E-state index contributed by atoms with van der Waals surface area (Å²) in [7, 11) is 0. The molecule has 1 aromatic carbocycles. The van der Waals surface area contributed by atoms with Crippen LogP contribution in [0, 0.1) is 5.92 Å². The fourth-order valence-electron chi connectivity index (χ4n) is 2.01. The van der Waals surface area contributed by atoms with Gasteiger partial charge in [-0.1, -0.05) is 13.8 Å². The monoisotopic (exact) mass is 231 g/mol. The standard InChI is InChI=1S/C14H17NO2/c1-3-9(2)14(17)11-4-6-12-10(8-11)5-7-13(16)15-12/h4,6,8-9H,3,5,7H2,1-2H3,(H,15,16). The number of nitrogens with one attached hydrogen (secondary N) is 1. The van der Waals surface area contributed by atoms with Gasteiger partial charge in [0.15, 0.2) is 5.78 Å². The van der Waals surface area contributed by atoms with E-state index in [4.69, 9.17) is 0 Å². The van der Waals surface area contributed by atoms with Gasteiger partial charge in [0.2, 0.25) is 5.91 Å². The van der Waals surface area contributed by atoms with Gasteiger partial charge in [0.05, 0.1) is 0 Å². The quantitative estimate of drug-likeness (QED) is 0.813. The van der Waals surface area contributed by atoms with Crippen LogP contribution in [0.5, 0.6) is 0 Å². The highest BCUT2D eigenvalue weighted by Gasteiger charge is 2.18. The lowest BCUT2D eigenvalue weighted by atomic mass is 9.93. The SMILES string of the molecule is CCC(C)C(=O)c1ccc2c(c1)CCC(=O)N2. The first-order valence-electron chi connectivity index (χ1n) is 6.08. The Labute approximate surface area is 101 Å². The molecule has 0 aliphatic carbocycles. The lowest BCUT2D eigenvalue weighted by Crippen LogP contribution is -2.19. The summed E-state index contributed by atoms with van der Waals surface area (Å²) in [6, 6.07) is 5.56. The molecule has 1 aliphatic rings. The summed E-state index contributed by atoms with van der Waals surface area (Å²) in [5, 5.41) is 2.82. The molecule has 0 saturated carbocycles. The summed E-state index contributed by atoms with van der Waals surface area (Å²) >= 11 is 0. The molecule has 0 bridgehead atoms. The van der Waals surface area contributed by atoms with E-state index in [0.717, 1.165) is 29.7 Å². The van der Waals surface area contributed by atoms with Crippen molar-refractivity contribution in [3.63, 3.8) is 0 Å². The fourth-order valence-corrected chi connectivity index (χ4v) is 2.01. The summed E-state index contributed by atoms with van der Waals surface area (Å²) < 4.78 is 0. The van der Waals surface area contributed by atoms with E-state index in [2.05, 4.69) is 5.32 Å². The first kappa shape index (κ1) is 11.8. The van der Waals surface area contributed by atoms with Crippen molar-refractivity contribution in [2.45, 2.75) is 33.1 Å². The topological polar surface area (TPSA) is 46.2 Å². The maximum atomic E-state index is 12.0. The first-order chi connectivity index (χ1) is 8.11. The highest BCUT2D eigenvalue weighted by atomic mass is 16.1. The molecule has 3 heteroatoms. The second-order valence-electron chi connectivity index (χ2n) is 4.59. The number of carbonyl (C=O) groups excluding carboxylic acids is 2. The van der Waals surface area contributed by atoms with Gasteiger partial charge >= 0.3 is 0 Å². The lowest BCUT2D eigenvalue weighted by Gasteiger charge is -2.18. The van der Waals surface area contributed by atoms with Crippen LogP contribution in [-0.4, -0.2) is 11.7 Å². The molecule has 1 amide bonds. The lowest BCUT2D eigenvalue weighted by molar-refractivity contribution is -0.116. The number of fused-ring (bicyclic) bond motifs is 1. The molecule has 0 saturated heterocycles. The van der Waals surface area contributed by atoms with Crippen molar-refractivity contribution in [3.8, 4) is 0 Å². The van der Waals surface area contributed by atoms with Crippen molar-refractivity contribution in [2.24, 2.45) is 5.92 Å². The number of ketones is 1. The highest BCUT2D eigenvalue weighted by Crippen LogP contribution is 2.25. The molecule has 0 spiro atoms. The van der Waals surface area contributed by atoms with E-state index in [1.807, 2.05) is 26.0 Å². The van der Waals surface area contributed by atoms with Crippen LogP contribution in [0.3, 0.4) is 0 Å². The molecular weight excluding hydrogens is 214 g/mol. The molecule has 17 heavy (non-hydrogen) atoms. The van der Waals surface area contributed by atoms with E-state index >= 15 is 0 Å². The van der Waals surface area contributed by atoms with Gasteiger partial charge in [-0.3, -0.25) is 9.59 Å². The molecule has 3 nitrogen and oxygen atoms in total. The summed E-state index contributed by atoms with van der Waals surface area (Å²) in [6.07, 6.45) is 2.09. The van der Waals surface area contributed by atoms with E-state index in [1.54, 1.807) is 6.07 Å². The molecule has 1 N–H and O–H groups in total. The number of benzene rings is 1. The Bertz CT molecular complexity index is 465. The number of carbonyl (C=O) groups is 2. The van der Waals surface area contributed by atoms with E-state index in [1.165, 1.54) is 0 Å². The highest BCUT2D eigenvalue weighted by molar-refractivity contribution is 5.99. The van der Waals surface area contributed by atoms with Crippen molar-refractivity contribution < 1.29 is 9.59 Å². The minimum atomic E-state index is 0.0542. The average Bonchev–Trinajstić information content (AvgIpc) is 2.36. The Morgan fingerprint density at radius 3 is 2.88 bits per heavy atom. The van der Waals surface area contributed by atoms with E-state index in [-0.39, 0.29) is 17.6 Å². The first-order valence-corrected chi connectivity index (χ1v) is 6.08. The van der Waals surface area contributed by atoms with Crippen LogP contribution in [-0.2, 0) is 11.2 Å². The average molecular weight is 231 g/mol. The van der Waals surface area contributed by atoms with Gasteiger partial charge in [-0.15, -0.1) is 0 Å². The molecule has 0 radical (unpaired) electrons. The van der Waals surface area contributed by atoms with Crippen molar-refractivity contribution in [1.82, 2.24) is 0 Å². The molecule has 0 aromatic heterocycles. The second kappa shape index (κ2) is 4.70. The molecule has 2 rings (SSSR count). The van der Waals surface area contributed by atoms with Crippen molar-refractivity contribution in [1.29, 1.82) is 0 Å². The number of amides is 1. The van der Waals surface area contributed by atoms with Crippen LogP contribution in [0.2, 0.25) is 0 Å². The zero-order chi connectivity index (χ0) is 12.4. The normalized spacial score (nSPS) is 16.0. The van der Waals surface area contributed by atoms with Gasteiger partial charge in [-0.25, -0.2) is 0 Å². The summed E-state index contributed by atoms with van der Waals surface area (Å²) in [5.41, 5.74) is 2.68. The Hall–Kier alpha value is -1.64. The van der Waals surface area contributed by atoms with Crippen molar-refractivity contribution in [3.05, 3.63) is 29.3 Å². The summed E-state index contributed by atoms with van der Waals surface area (Å²) in [5.74, 6) is 0.303. The van der Waals surface area contributed by atoms with Gasteiger partial charge < -0.3 is 5.32 Å². The van der Waals surface area contributed by atoms with E-state index in [0.29, 0.717) is 6.42 Å². The fraction of sp³-hybridized carbons (Fsp3) is 0.429. The molecule has 0 fully saturated rings. The Morgan fingerprint density at radius 1 is 1.41 bits per heavy atom. The molecule has 1 aromatic rings. The molecule has 1 atom stereocenters. The molecule has 1 unspecified atom stereocenters. The van der Waals surface area contributed by atoms with Crippen molar-refractivity contribution >= 4 is 17.4 Å². The third-order valence-electron chi connectivity index (χ3n) is 3.35. The number of hydrogen-bond acceptors (Lipinski definition) is 2. The second-order valence-corrected chi connectivity index (χ2v) is 4.59. The van der Waals surface area contributed by atoms with Crippen LogP contribution in [0.1, 0.15) is 42.6 Å². The molecular formula is C14H17NO2. The van der Waals surface area contributed by atoms with E-state index in [9.17, 15) is 9.59 Å². The van der Waals surface area contributed by atoms with Crippen molar-refractivity contribution in [2.75, 3.05) is 5.32 Å². The van der Waals surface area contributed by atoms with Crippen LogP contribution >= 0.6 is 0 Å². The minimum Gasteiger partial charge on any atom is -0.326 e.